The summed E-state index contributed by atoms with van der Waals surface area (Å²) in [5.41, 5.74) is -5.25. The SMILES string of the molecule is N#Cc1ccc(C23CC(C(F)(F)[C@](F)(Cn4cncn4)c4ccc(F)cc4F)(C2)C3)cc1. The van der Waals surface area contributed by atoms with Crippen molar-refractivity contribution in [3.8, 4) is 6.07 Å². The van der Waals surface area contributed by atoms with Crippen LogP contribution in [-0.2, 0) is 17.6 Å². The van der Waals surface area contributed by atoms with Gasteiger partial charge in [-0.2, -0.15) is 10.4 Å². The van der Waals surface area contributed by atoms with E-state index in [2.05, 4.69) is 10.1 Å². The molecule has 0 N–H and O–H groups in total. The largest absolute Gasteiger partial charge is 0.293 e. The molecule has 2 aromatic carbocycles. The van der Waals surface area contributed by atoms with E-state index in [1.54, 1.807) is 24.3 Å². The monoisotopic (exact) mass is 444 g/mol. The number of hydrogen-bond acceptors (Lipinski definition) is 3. The van der Waals surface area contributed by atoms with Gasteiger partial charge in [0.25, 0.3) is 5.92 Å². The molecule has 9 heteroatoms. The number of alkyl halides is 3. The second kappa shape index (κ2) is 6.61. The van der Waals surface area contributed by atoms with Gasteiger partial charge in [-0.05, 0) is 54.5 Å². The first kappa shape index (κ1) is 20.6. The lowest BCUT2D eigenvalue weighted by atomic mass is 9.30. The molecule has 4 nitrogen and oxygen atoms in total. The van der Waals surface area contributed by atoms with Crippen LogP contribution in [0.15, 0.2) is 55.1 Å². The summed E-state index contributed by atoms with van der Waals surface area (Å²) in [5, 5.41) is 12.7. The summed E-state index contributed by atoms with van der Waals surface area (Å²) in [6.45, 7) is -0.964. The minimum absolute atomic E-state index is 0.0325. The minimum atomic E-state index is -3.96. The normalized spacial score (nSPS) is 25.9. The zero-order valence-corrected chi connectivity index (χ0v) is 16.7. The van der Waals surface area contributed by atoms with E-state index in [1.165, 1.54) is 0 Å². The molecule has 0 radical (unpaired) electrons. The van der Waals surface area contributed by atoms with E-state index < -0.39 is 46.2 Å². The summed E-state index contributed by atoms with van der Waals surface area (Å²) in [6, 6.07) is 10.6. The van der Waals surface area contributed by atoms with Crippen molar-refractivity contribution in [2.45, 2.75) is 42.8 Å². The molecule has 1 atom stereocenters. The second-order valence-electron chi connectivity index (χ2n) is 8.87. The Hall–Kier alpha value is -3.28. The second-order valence-corrected chi connectivity index (χ2v) is 8.87. The van der Waals surface area contributed by atoms with Gasteiger partial charge in [-0.15, -0.1) is 0 Å². The number of aromatic nitrogens is 3. The molecule has 3 aliphatic carbocycles. The van der Waals surface area contributed by atoms with Crippen molar-refractivity contribution in [2.24, 2.45) is 5.41 Å². The maximum atomic E-state index is 16.4. The highest BCUT2D eigenvalue weighted by Gasteiger charge is 2.82. The molecule has 164 valence electrons. The summed E-state index contributed by atoms with van der Waals surface area (Å²) in [5.74, 6) is -6.32. The lowest BCUT2D eigenvalue weighted by Gasteiger charge is -2.74. The molecule has 0 unspecified atom stereocenters. The first-order valence-electron chi connectivity index (χ1n) is 10.0. The smallest absolute Gasteiger partial charge is 0.249 e. The number of rotatable bonds is 6. The van der Waals surface area contributed by atoms with Crippen LogP contribution in [0.3, 0.4) is 0 Å². The van der Waals surface area contributed by atoms with Crippen molar-refractivity contribution in [1.82, 2.24) is 14.8 Å². The molecule has 2 bridgehead atoms. The van der Waals surface area contributed by atoms with E-state index in [0.717, 1.165) is 35.0 Å². The van der Waals surface area contributed by atoms with E-state index >= 15 is 13.2 Å². The molecule has 1 aromatic heterocycles. The average molecular weight is 444 g/mol. The average Bonchev–Trinajstić information content (AvgIpc) is 3.18. The van der Waals surface area contributed by atoms with Gasteiger partial charge in [-0.1, -0.05) is 12.1 Å². The maximum Gasteiger partial charge on any atom is 0.293 e. The van der Waals surface area contributed by atoms with E-state index in [-0.39, 0.29) is 19.3 Å². The predicted molar refractivity (Wildman–Crippen MR) is 103 cm³/mol. The Balaban J connectivity index is 1.50. The molecule has 0 aliphatic heterocycles. The Kier molecular flexibility index (Phi) is 4.26. The van der Waals surface area contributed by atoms with E-state index in [4.69, 9.17) is 5.26 Å². The van der Waals surface area contributed by atoms with E-state index in [9.17, 15) is 8.78 Å². The topological polar surface area (TPSA) is 54.5 Å². The Morgan fingerprint density at radius 1 is 1.03 bits per heavy atom. The van der Waals surface area contributed by atoms with Gasteiger partial charge in [0.15, 0.2) is 0 Å². The molecule has 3 aromatic rings. The maximum absolute atomic E-state index is 16.4. The number of nitrogens with zero attached hydrogens (tertiary/aromatic N) is 4. The molecule has 0 spiro atoms. The van der Waals surface area contributed by atoms with Crippen LogP contribution >= 0.6 is 0 Å². The van der Waals surface area contributed by atoms with Crippen LogP contribution in [-0.4, -0.2) is 20.7 Å². The molecule has 6 rings (SSSR count). The molecule has 32 heavy (non-hydrogen) atoms. The number of hydrogen-bond donors (Lipinski definition) is 0. The van der Waals surface area contributed by atoms with Crippen LogP contribution in [0.2, 0.25) is 0 Å². The van der Waals surface area contributed by atoms with Crippen molar-refractivity contribution in [3.63, 3.8) is 0 Å². The van der Waals surface area contributed by atoms with Crippen molar-refractivity contribution in [3.05, 3.63) is 83.4 Å². The van der Waals surface area contributed by atoms with Gasteiger partial charge in [-0.3, -0.25) is 0 Å². The van der Waals surface area contributed by atoms with Crippen LogP contribution in [0, 0.1) is 28.4 Å². The highest BCUT2D eigenvalue weighted by atomic mass is 19.3. The van der Waals surface area contributed by atoms with E-state index in [0.29, 0.717) is 11.6 Å². The first-order valence-corrected chi connectivity index (χ1v) is 10.0. The quantitative estimate of drug-likeness (QED) is 0.500. The minimum Gasteiger partial charge on any atom is -0.249 e. The summed E-state index contributed by atoms with van der Waals surface area (Å²) in [4.78, 5) is 3.65. The predicted octanol–water partition coefficient (Wildman–Crippen LogP) is 5.05. The van der Waals surface area contributed by atoms with Crippen LogP contribution < -0.4 is 0 Å². The van der Waals surface area contributed by atoms with Crippen molar-refractivity contribution >= 4 is 0 Å². The number of halogens is 5. The lowest BCUT2D eigenvalue weighted by Crippen LogP contribution is -2.75. The van der Waals surface area contributed by atoms with E-state index in [1.807, 2.05) is 6.07 Å². The van der Waals surface area contributed by atoms with Gasteiger partial charge in [0.2, 0.25) is 5.67 Å². The third kappa shape index (κ3) is 2.65. The summed E-state index contributed by atoms with van der Waals surface area (Å²) < 4.78 is 77.2. The molecule has 1 heterocycles. The molecule has 3 aliphatic rings. The fraction of sp³-hybridized carbons (Fsp3) is 0.348. The Labute approximate surface area is 180 Å². The molecular weight excluding hydrogens is 427 g/mol. The van der Waals surface area contributed by atoms with Crippen LogP contribution in [0.5, 0.6) is 0 Å². The summed E-state index contributed by atoms with van der Waals surface area (Å²) in [7, 11) is 0. The third-order valence-electron chi connectivity index (χ3n) is 7.02. The number of benzene rings is 2. The molecule has 3 saturated carbocycles. The van der Waals surface area contributed by atoms with Crippen molar-refractivity contribution in [2.75, 3.05) is 0 Å². The lowest BCUT2D eigenvalue weighted by molar-refractivity contribution is -0.332. The molecule has 0 amide bonds. The third-order valence-corrected chi connectivity index (χ3v) is 7.02. The van der Waals surface area contributed by atoms with Crippen LogP contribution in [0.1, 0.15) is 36.0 Å². The number of nitriles is 1. The Bertz CT molecular complexity index is 1200. The molecular formula is C23H17F5N4. The van der Waals surface area contributed by atoms with Crippen LogP contribution in [0.4, 0.5) is 22.0 Å². The zero-order valence-electron chi connectivity index (χ0n) is 16.7. The fourth-order valence-corrected chi connectivity index (χ4v) is 5.45. The summed E-state index contributed by atoms with van der Waals surface area (Å²) in [6.07, 6.45) is 2.24. The van der Waals surface area contributed by atoms with Gasteiger partial charge in [0.05, 0.1) is 18.2 Å². The zero-order chi connectivity index (χ0) is 22.8. The van der Waals surface area contributed by atoms with Crippen molar-refractivity contribution in [1.29, 1.82) is 5.26 Å². The highest BCUT2D eigenvalue weighted by Crippen LogP contribution is 2.80. The van der Waals surface area contributed by atoms with Crippen molar-refractivity contribution < 1.29 is 22.0 Å². The fourth-order valence-electron chi connectivity index (χ4n) is 5.45. The van der Waals surface area contributed by atoms with Gasteiger partial charge < -0.3 is 0 Å². The van der Waals surface area contributed by atoms with Crippen LogP contribution in [0.25, 0.3) is 0 Å². The van der Waals surface area contributed by atoms with Gasteiger partial charge >= 0.3 is 0 Å². The molecule has 3 fully saturated rings. The summed E-state index contributed by atoms with van der Waals surface area (Å²) >= 11 is 0. The van der Waals surface area contributed by atoms with Gasteiger partial charge in [-0.25, -0.2) is 31.6 Å². The standard InChI is InChI=1S/C23H17F5N4/c24-17-5-6-18(19(25)7-17)22(26,12-32-14-30-13-31-32)23(27,28)21-9-20(10-21,11-21)16-3-1-15(8-29)2-4-16/h1-7,13-14H,9-12H2/t20?,21?,22-/m0/s1. The van der Waals surface area contributed by atoms with Gasteiger partial charge in [0, 0.05) is 17.0 Å². The van der Waals surface area contributed by atoms with Gasteiger partial charge in [0.1, 0.15) is 24.3 Å². The molecule has 0 saturated heterocycles. The first-order chi connectivity index (χ1) is 15.1. The highest BCUT2D eigenvalue weighted by molar-refractivity contribution is 5.45. The Morgan fingerprint density at radius 2 is 1.72 bits per heavy atom. The Morgan fingerprint density at radius 3 is 2.28 bits per heavy atom.